The molecular weight excluding hydrogens is 235 g/mol. The number of rotatable bonds is 0. The molecule has 1 aromatic carbocycles. The minimum absolute atomic E-state index is 0.664. The Kier molecular flexibility index (Phi) is 2.08. The van der Waals surface area contributed by atoms with Crippen molar-refractivity contribution in [1.29, 1.82) is 0 Å². The summed E-state index contributed by atoms with van der Waals surface area (Å²) in [6.07, 6.45) is 3.71. The Hall–Kier alpha value is -0.781. The second-order valence-corrected chi connectivity index (χ2v) is 5.91. The van der Waals surface area contributed by atoms with E-state index in [0.29, 0.717) is 14.5 Å². The van der Waals surface area contributed by atoms with Gasteiger partial charge in [-0.05, 0) is 0 Å². The molecule has 0 saturated heterocycles. The zero-order valence-corrected chi connectivity index (χ0v) is 9.71. The van der Waals surface area contributed by atoms with Crippen molar-refractivity contribution in [3.8, 4) is 0 Å². The predicted octanol–water partition coefficient (Wildman–Crippen LogP) is 2.43. The van der Waals surface area contributed by atoms with Crippen molar-refractivity contribution < 1.29 is 0 Å². The topological polar surface area (TPSA) is 0 Å². The van der Waals surface area contributed by atoms with Crippen LogP contribution in [0.3, 0.4) is 0 Å². The molecule has 1 aliphatic carbocycles. The van der Waals surface area contributed by atoms with E-state index in [9.17, 15) is 0 Å². The molecule has 70 valence electrons. The minimum atomic E-state index is 0.664. The Morgan fingerprint density at radius 2 is 1.71 bits per heavy atom. The van der Waals surface area contributed by atoms with Crippen LogP contribution in [0.2, 0.25) is 0 Å². The molecule has 1 aromatic heterocycles. The molecule has 0 unspecified atom stereocenters. The molecule has 1 heterocycles. The second kappa shape index (κ2) is 3.42. The molecule has 0 aliphatic heterocycles. The maximum atomic E-state index is 2.37. The molecule has 0 amide bonds. The summed E-state index contributed by atoms with van der Waals surface area (Å²) in [5.41, 5.74) is 4.71. The molecule has 0 spiro atoms. The first kappa shape index (κ1) is 8.52. The standard InChI is InChI=1S/C13H12Se/c1-2-4-11-9-12-7-8-14-13(12)6-5-10(11)3-1/h1-4,7-8H,5-6,9H2. The monoisotopic (exact) mass is 248 g/mol. The van der Waals surface area contributed by atoms with Gasteiger partial charge in [0.1, 0.15) is 0 Å². The second-order valence-electron chi connectivity index (χ2n) is 3.81. The van der Waals surface area contributed by atoms with Crippen LogP contribution in [-0.2, 0) is 19.3 Å². The molecule has 3 rings (SSSR count). The van der Waals surface area contributed by atoms with Crippen LogP contribution in [0.4, 0.5) is 0 Å². The van der Waals surface area contributed by atoms with Gasteiger partial charge in [0, 0.05) is 0 Å². The van der Waals surface area contributed by atoms with Crippen molar-refractivity contribution in [2.24, 2.45) is 0 Å². The summed E-state index contributed by atoms with van der Waals surface area (Å²) >= 11 is 0.664. The summed E-state index contributed by atoms with van der Waals surface area (Å²) in [6.45, 7) is 0. The first-order chi connectivity index (χ1) is 6.93. The summed E-state index contributed by atoms with van der Waals surface area (Å²) in [5, 5.41) is 0. The van der Waals surface area contributed by atoms with Gasteiger partial charge in [0.25, 0.3) is 0 Å². The van der Waals surface area contributed by atoms with Gasteiger partial charge in [0.2, 0.25) is 0 Å². The van der Waals surface area contributed by atoms with Crippen molar-refractivity contribution in [3.05, 3.63) is 56.4 Å². The number of fused-ring (bicyclic) bond motifs is 2. The van der Waals surface area contributed by atoms with Gasteiger partial charge in [-0.1, -0.05) is 0 Å². The molecule has 0 nitrogen and oxygen atoms in total. The van der Waals surface area contributed by atoms with Crippen LogP contribution in [-0.4, -0.2) is 14.5 Å². The third-order valence-corrected chi connectivity index (χ3v) is 5.10. The Balaban J connectivity index is 2.10. The first-order valence-corrected chi connectivity index (χ1v) is 6.90. The van der Waals surface area contributed by atoms with Crippen LogP contribution in [0, 0.1) is 0 Å². The van der Waals surface area contributed by atoms with Gasteiger partial charge in [-0.3, -0.25) is 0 Å². The molecule has 14 heavy (non-hydrogen) atoms. The molecule has 0 bridgehead atoms. The summed E-state index contributed by atoms with van der Waals surface area (Å²) in [6, 6.07) is 11.2. The molecule has 0 N–H and O–H groups in total. The predicted molar refractivity (Wildman–Crippen MR) is 60.0 cm³/mol. The van der Waals surface area contributed by atoms with Gasteiger partial charge in [-0.25, -0.2) is 0 Å². The Bertz CT molecular complexity index is 454. The van der Waals surface area contributed by atoms with Crippen molar-refractivity contribution in [2.75, 3.05) is 0 Å². The van der Waals surface area contributed by atoms with Gasteiger partial charge in [-0.15, -0.1) is 0 Å². The van der Waals surface area contributed by atoms with E-state index in [1.807, 2.05) is 0 Å². The van der Waals surface area contributed by atoms with E-state index < -0.39 is 0 Å². The summed E-state index contributed by atoms with van der Waals surface area (Å²) < 4.78 is 1.73. The third kappa shape index (κ3) is 1.37. The molecule has 0 radical (unpaired) electrons. The number of hydrogen-bond donors (Lipinski definition) is 0. The molecule has 0 atom stereocenters. The van der Waals surface area contributed by atoms with E-state index >= 15 is 0 Å². The molecule has 1 aliphatic rings. The van der Waals surface area contributed by atoms with Crippen LogP contribution in [0.25, 0.3) is 0 Å². The van der Waals surface area contributed by atoms with Gasteiger partial charge >= 0.3 is 90.2 Å². The van der Waals surface area contributed by atoms with E-state index in [0.717, 1.165) is 0 Å². The zero-order chi connectivity index (χ0) is 9.38. The Morgan fingerprint density at radius 3 is 2.64 bits per heavy atom. The van der Waals surface area contributed by atoms with Crippen LogP contribution in [0.1, 0.15) is 21.1 Å². The normalized spacial score (nSPS) is 14.3. The molecule has 0 saturated carbocycles. The summed E-state index contributed by atoms with van der Waals surface area (Å²) in [7, 11) is 0. The molecular formula is C13H12Se. The number of aryl methyl sites for hydroxylation is 2. The third-order valence-electron chi connectivity index (χ3n) is 2.96. The van der Waals surface area contributed by atoms with Crippen LogP contribution < -0.4 is 0 Å². The summed E-state index contributed by atoms with van der Waals surface area (Å²) in [5.74, 6) is 0. The average Bonchev–Trinajstić information content (AvgIpc) is 2.58. The van der Waals surface area contributed by atoms with Crippen LogP contribution >= 0.6 is 0 Å². The van der Waals surface area contributed by atoms with E-state index in [-0.39, 0.29) is 0 Å². The van der Waals surface area contributed by atoms with Gasteiger partial charge in [-0.2, -0.15) is 0 Å². The summed E-state index contributed by atoms with van der Waals surface area (Å²) in [4.78, 5) is 2.37. The molecule has 1 heteroatoms. The van der Waals surface area contributed by atoms with Crippen LogP contribution in [0.15, 0.2) is 35.3 Å². The quantitative estimate of drug-likeness (QED) is 0.627. The van der Waals surface area contributed by atoms with Crippen molar-refractivity contribution in [3.63, 3.8) is 0 Å². The Labute approximate surface area is 90.3 Å². The van der Waals surface area contributed by atoms with E-state index in [4.69, 9.17) is 0 Å². The fourth-order valence-electron chi connectivity index (χ4n) is 2.17. The van der Waals surface area contributed by atoms with E-state index in [1.54, 1.807) is 21.1 Å². The van der Waals surface area contributed by atoms with Crippen LogP contribution in [0.5, 0.6) is 0 Å². The zero-order valence-electron chi connectivity index (χ0n) is 7.99. The fourth-order valence-corrected chi connectivity index (χ4v) is 4.08. The van der Waals surface area contributed by atoms with Gasteiger partial charge in [0.05, 0.1) is 0 Å². The van der Waals surface area contributed by atoms with Crippen molar-refractivity contribution in [2.45, 2.75) is 19.3 Å². The molecule has 2 aromatic rings. The fraction of sp³-hybridized carbons (Fsp3) is 0.231. The van der Waals surface area contributed by atoms with Crippen molar-refractivity contribution >= 4 is 14.5 Å². The average molecular weight is 247 g/mol. The number of benzene rings is 1. The Morgan fingerprint density at radius 1 is 0.857 bits per heavy atom. The van der Waals surface area contributed by atoms with E-state index in [1.165, 1.54) is 19.3 Å². The SMILES string of the molecule is c1ccc2c(c1)CCc1[se]ccc1C2. The van der Waals surface area contributed by atoms with Gasteiger partial charge in [0.15, 0.2) is 0 Å². The molecule has 0 fully saturated rings. The van der Waals surface area contributed by atoms with E-state index in [2.05, 4.69) is 35.3 Å². The number of hydrogen-bond acceptors (Lipinski definition) is 0. The first-order valence-electron chi connectivity index (χ1n) is 5.05. The van der Waals surface area contributed by atoms with Gasteiger partial charge < -0.3 is 0 Å². The van der Waals surface area contributed by atoms with Crippen molar-refractivity contribution in [1.82, 2.24) is 0 Å². The maximum absolute atomic E-state index is 2.37.